The number of hydrogen-bond acceptors (Lipinski definition) is 6. The number of rotatable bonds is 8. The van der Waals surface area contributed by atoms with Crippen molar-refractivity contribution in [3.8, 4) is 23.1 Å². The second-order valence-electron chi connectivity index (χ2n) is 8.06. The number of ether oxygens (including phenoxy) is 1. The van der Waals surface area contributed by atoms with Crippen molar-refractivity contribution in [2.75, 3.05) is 11.9 Å². The van der Waals surface area contributed by atoms with Gasteiger partial charge in [-0.25, -0.2) is 9.97 Å². The maximum atomic E-state index is 13.7. The van der Waals surface area contributed by atoms with Gasteiger partial charge in [-0.3, -0.25) is 0 Å². The molecular formula is C24H23F3N4OS. The summed E-state index contributed by atoms with van der Waals surface area (Å²) >= 11 is 1.27. The Kier molecular flexibility index (Phi) is 7.14. The van der Waals surface area contributed by atoms with Gasteiger partial charge in [-0.2, -0.15) is 18.4 Å². The van der Waals surface area contributed by atoms with E-state index in [4.69, 9.17) is 10.00 Å². The highest BCUT2D eigenvalue weighted by Gasteiger charge is 2.35. The van der Waals surface area contributed by atoms with Crippen molar-refractivity contribution in [2.45, 2.75) is 44.7 Å². The smallest absolute Gasteiger partial charge is 0.420 e. The van der Waals surface area contributed by atoms with Crippen molar-refractivity contribution in [1.29, 1.82) is 5.26 Å². The van der Waals surface area contributed by atoms with E-state index in [9.17, 15) is 13.2 Å². The minimum absolute atomic E-state index is 0.150. The third-order valence-corrected chi connectivity index (χ3v) is 6.46. The van der Waals surface area contributed by atoms with Gasteiger partial charge in [0.05, 0.1) is 17.9 Å². The Morgan fingerprint density at radius 1 is 1.18 bits per heavy atom. The van der Waals surface area contributed by atoms with Crippen LogP contribution >= 0.6 is 11.3 Å². The molecule has 0 aliphatic heterocycles. The van der Waals surface area contributed by atoms with E-state index in [0.717, 1.165) is 24.5 Å². The summed E-state index contributed by atoms with van der Waals surface area (Å²) in [5.74, 6) is 0.536. The average molecular weight is 473 g/mol. The molecule has 1 fully saturated rings. The molecule has 1 N–H and O–H groups in total. The molecule has 1 aromatic carbocycles. The molecule has 0 spiro atoms. The van der Waals surface area contributed by atoms with Crippen LogP contribution in [0.1, 0.15) is 49.8 Å². The van der Waals surface area contributed by atoms with Gasteiger partial charge in [0.25, 0.3) is 0 Å². The summed E-state index contributed by atoms with van der Waals surface area (Å²) in [6.07, 6.45) is 3.71. The standard InChI is InChI=1S/C24H23F3N4OS/c25-24(26,27)20-12-18(9-10-22(20)32-11-3-6-16-4-1-2-5-16)30-23-31-21(15-33-23)17-7-8-19(13-28)29-14-17/h7-10,12,14-16H,1-6,11H2,(H,30,31). The predicted octanol–water partition coefficient (Wildman–Crippen LogP) is 7.19. The number of nitriles is 1. The second-order valence-corrected chi connectivity index (χ2v) is 8.91. The summed E-state index contributed by atoms with van der Waals surface area (Å²) in [4.78, 5) is 8.43. The van der Waals surface area contributed by atoms with E-state index in [1.807, 2.05) is 6.07 Å². The first kappa shape index (κ1) is 23.1. The Labute approximate surface area is 194 Å². The maximum Gasteiger partial charge on any atom is 0.420 e. The number of hydrogen-bond donors (Lipinski definition) is 1. The monoisotopic (exact) mass is 472 g/mol. The largest absolute Gasteiger partial charge is 0.493 e. The number of nitrogens with one attached hydrogen (secondary N) is 1. The summed E-state index contributed by atoms with van der Waals surface area (Å²) in [7, 11) is 0. The molecule has 0 radical (unpaired) electrons. The van der Waals surface area contributed by atoms with Crippen LogP contribution in [-0.2, 0) is 6.18 Å². The zero-order chi connectivity index (χ0) is 23.3. The molecule has 3 aromatic rings. The van der Waals surface area contributed by atoms with Gasteiger partial charge in [-0.05, 0) is 49.1 Å². The van der Waals surface area contributed by atoms with E-state index in [1.165, 1.54) is 49.3 Å². The van der Waals surface area contributed by atoms with E-state index in [1.54, 1.807) is 23.6 Å². The second kappa shape index (κ2) is 10.2. The van der Waals surface area contributed by atoms with Crippen molar-refractivity contribution in [2.24, 2.45) is 5.92 Å². The molecule has 5 nitrogen and oxygen atoms in total. The van der Waals surface area contributed by atoms with E-state index in [0.29, 0.717) is 22.4 Å². The molecule has 1 saturated carbocycles. The fourth-order valence-corrected chi connectivity index (χ4v) is 4.75. The van der Waals surface area contributed by atoms with Crippen LogP contribution in [0.25, 0.3) is 11.3 Å². The Balaban J connectivity index is 1.42. The summed E-state index contributed by atoms with van der Waals surface area (Å²) in [6, 6.07) is 9.24. The first-order chi connectivity index (χ1) is 15.9. The summed E-state index contributed by atoms with van der Waals surface area (Å²) in [5, 5.41) is 14.0. The molecule has 0 atom stereocenters. The van der Waals surface area contributed by atoms with Gasteiger partial charge in [0, 0.05) is 22.8 Å². The van der Waals surface area contributed by atoms with Crippen LogP contribution in [0.2, 0.25) is 0 Å². The van der Waals surface area contributed by atoms with Gasteiger partial charge < -0.3 is 10.1 Å². The highest BCUT2D eigenvalue weighted by molar-refractivity contribution is 7.14. The van der Waals surface area contributed by atoms with Gasteiger partial charge >= 0.3 is 6.18 Å². The lowest BCUT2D eigenvalue weighted by molar-refractivity contribution is -0.138. The molecule has 0 amide bonds. The van der Waals surface area contributed by atoms with Crippen molar-refractivity contribution < 1.29 is 17.9 Å². The van der Waals surface area contributed by atoms with Gasteiger partial charge in [0.15, 0.2) is 5.13 Å². The zero-order valence-electron chi connectivity index (χ0n) is 17.9. The zero-order valence-corrected chi connectivity index (χ0v) is 18.7. The number of pyridine rings is 1. The maximum absolute atomic E-state index is 13.7. The van der Waals surface area contributed by atoms with Crippen LogP contribution in [0.4, 0.5) is 24.0 Å². The number of aromatic nitrogens is 2. The highest BCUT2D eigenvalue weighted by Crippen LogP contribution is 2.39. The lowest BCUT2D eigenvalue weighted by Crippen LogP contribution is -2.10. The number of halogens is 3. The SMILES string of the molecule is N#Cc1ccc(-c2csc(Nc3ccc(OCCCC4CCCC4)c(C(F)(F)F)c3)n2)cn1. The van der Waals surface area contributed by atoms with Crippen molar-refractivity contribution in [1.82, 2.24) is 9.97 Å². The average Bonchev–Trinajstić information content (AvgIpc) is 3.49. The Morgan fingerprint density at radius 2 is 2.00 bits per heavy atom. The van der Waals surface area contributed by atoms with E-state index < -0.39 is 11.7 Å². The van der Waals surface area contributed by atoms with Gasteiger partial charge in [0.1, 0.15) is 17.5 Å². The normalized spacial score (nSPS) is 14.2. The topological polar surface area (TPSA) is 70.8 Å². The van der Waals surface area contributed by atoms with Gasteiger partial charge in [0.2, 0.25) is 0 Å². The Hall–Kier alpha value is -3.12. The molecule has 2 aromatic heterocycles. The predicted molar refractivity (Wildman–Crippen MR) is 121 cm³/mol. The number of benzene rings is 1. The van der Waals surface area contributed by atoms with Crippen LogP contribution in [0.15, 0.2) is 41.9 Å². The number of thiazole rings is 1. The van der Waals surface area contributed by atoms with Crippen LogP contribution in [-0.4, -0.2) is 16.6 Å². The van der Waals surface area contributed by atoms with Crippen LogP contribution in [0.5, 0.6) is 5.75 Å². The molecule has 1 aliphatic rings. The van der Waals surface area contributed by atoms with Crippen LogP contribution < -0.4 is 10.1 Å². The lowest BCUT2D eigenvalue weighted by Gasteiger charge is -2.16. The first-order valence-electron chi connectivity index (χ1n) is 10.9. The van der Waals surface area contributed by atoms with E-state index in [2.05, 4.69) is 15.3 Å². The van der Waals surface area contributed by atoms with Crippen molar-refractivity contribution >= 4 is 22.2 Å². The van der Waals surface area contributed by atoms with Crippen molar-refractivity contribution in [3.05, 3.63) is 53.2 Å². The summed E-state index contributed by atoms with van der Waals surface area (Å²) in [5.41, 5.74) is 1.11. The molecule has 9 heteroatoms. The highest BCUT2D eigenvalue weighted by atomic mass is 32.1. The minimum atomic E-state index is -4.53. The van der Waals surface area contributed by atoms with Gasteiger partial charge in [-0.1, -0.05) is 25.7 Å². The third-order valence-electron chi connectivity index (χ3n) is 5.70. The number of anilines is 2. The molecule has 0 saturated heterocycles. The lowest BCUT2D eigenvalue weighted by atomic mass is 10.0. The number of alkyl halides is 3. The quantitative estimate of drug-likeness (QED) is 0.351. The summed E-state index contributed by atoms with van der Waals surface area (Å²) in [6.45, 7) is 0.279. The Morgan fingerprint density at radius 3 is 2.70 bits per heavy atom. The molecule has 0 bridgehead atoms. The summed E-state index contributed by atoms with van der Waals surface area (Å²) < 4.78 is 46.5. The van der Waals surface area contributed by atoms with Crippen LogP contribution in [0.3, 0.4) is 0 Å². The van der Waals surface area contributed by atoms with Crippen molar-refractivity contribution in [3.63, 3.8) is 0 Å². The minimum Gasteiger partial charge on any atom is -0.493 e. The molecule has 2 heterocycles. The molecule has 172 valence electrons. The van der Waals surface area contributed by atoms with E-state index in [-0.39, 0.29) is 18.0 Å². The van der Waals surface area contributed by atoms with Gasteiger partial charge in [-0.15, -0.1) is 11.3 Å². The molecule has 33 heavy (non-hydrogen) atoms. The van der Waals surface area contributed by atoms with Crippen LogP contribution in [0, 0.1) is 17.2 Å². The fraction of sp³-hybridized carbons (Fsp3) is 0.375. The van der Waals surface area contributed by atoms with E-state index >= 15 is 0 Å². The molecular weight excluding hydrogens is 449 g/mol. The molecule has 0 unspecified atom stereocenters. The molecule has 4 rings (SSSR count). The molecule has 1 aliphatic carbocycles. The first-order valence-corrected chi connectivity index (χ1v) is 11.7. The third kappa shape index (κ3) is 6.02. The number of nitrogens with zero attached hydrogens (tertiary/aromatic N) is 3. The Bertz CT molecular complexity index is 1120. The fourth-order valence-electron chi connectivity index (χ4n) is 4.01.